The van der Waals surface area contributed by atoms with Crippen LogP contribution >= 0.6 is 0 Å². The van der Waals surface area contributed by atoms with Crippen LogP contribution in [-0.2, 0) is 0 Å². The summed E-state index contributed by atoms with van der Waals surface area (Å²) in [5.41, 5.74) is 10.6. The van der Waals surface area contributed by atoms with Gasteiger partial charge in [0.1, 0.15) is 5.65 Å². The van der Waals surface area contributed by atoms with Gasteiger partial charge in [0.25, 0.3) is 0 Å². The van der Waals surface area contributed by atoms with Crippen LogP contribution < -0.4 is 0 Å². The molecule has 0 N–H and O–H groups in total. The lowest BCUT2D eigenvalue weighted by Gasteiger charge is -2.13. The molecule has 11 aromatic rings. The second-order valence-corrected chi connectivity index (χ2v) is 14.0. The quantitative estimate of drug-likeness (QED) is 0.168. The summed E-state index contributed by atoms with van der Waals surface area (Å²) in [7, 11) is 0. The summed E-state index contributed by atoms with van der Waals surface area (Å²) >= 11 is 0. The summed E-state index contributed by atoms with van der Waals surface area (Å²) in [6.07, 6.45) is 4.20. The maximum atomic E-state index is 5.24. The molecule has 0 radical (unpaired) electrons. The first-order valence-electron chi connectivity index (χ1n) is 18.5. The predicted octanol–water partition coefficient (Wildman–Crippen LogP) is 12.5. The second-order valence-electron chi connectivity index (χ2n) is 14.0. The normalized spacial score (nSPS) is 11.6. The molecular formula is C50H31N5. The topological polar surface area (TPSA) is 56.0 Å². The number of hydrogen-bond donors (Lipinski definition) is 0. The fourth-order valence-electron chi connectivity index (χ4n) is 7.79. The van der Waals surface area contributed by atoms with E-state index in [9.17, 15) is 0 Å². The molecular weight excluding hydrogens is 671 g/mol. The molecule has 7 aromatic carbocycles. The number of benzene rings is 7. The third kappa shape index (κ3) is 5.41. The van der Waals surface area contributed by atoms with Crippen LogP contribution in [0.1, 0.15) is 0 Å². The van der Waals surface area contributed by atoms with E-state index < -0.39 is 0 Å². The number of pyridine rings is 2. The molecule has 5 heteroatoms. The molecule has 256 valence electrons. The molecule has 0 aliphatic rings. The minimum atomic E-state index is 0.691. The average Bonchev–Trinajstić information content (AvgIpc) is 3.71. The zero-order valence-electron chi connectivity index (χ0n) is 29.6. The number of para-hydroxylation sites is 1. The lowest BCUT2D eigenvalue weighted by molar-refractivity contribution is 1.18. The third-order valence-corrected chi connectivity index (χ3v) is 10.6. The van der Waals surface area contributed by atoms with Gasteiger partial charge in [0, 0.05) is 56.4 Å². The van der Waals surface area contributed by atoms with Gasteiger partial charge in [0.15, 0.2) is 5.82 Å². The Bertz CT molecular complexity index is 3160. The van der Waals surface area contributed by atoms with Crippen molar-refractivity contribution in [3.05, 3.63) is 188 Å². The minimum absolute atomic E-state index is 0.691. The molecule has 55 heavy (non-hydrogen) atoms. The Morgan fingerprint density at radius 2 is 0.945 bits per heavy atom. The number of rotatable bonds is 5. The zero-order chi connectivity index (χ0) is 36.3. The van der Waals surface area contributed by atoms with Crippen LogP contribution in [0.3, 0.4) is 0 Å². The van der Waals surface area contributed by atoms with Gasteiger partial charge in [-0.25, -0.2) is 19.9 Å². The van der Waals surface area contributed by atoms with Gasteiger partial charge >= 0.3 is 0 Å². The van der Waals surface area contributed by atoms with E-state index in [4.69, 9.17) is 19.9 Å². The highest BCUT2D eigenvalue weighted by Crippen LogP contribution is 2.37. The van der Waals surface area contributed by atoms with Crippen LogP contribution in [0.15, 0.2) is 188 Å². The Morgan fingerprint density at radius 3 is 1.71 bits per heavy atom. The van der Waals surface area contributed by atoms with Crippen molar-refractivity contribution >= 4 is 48.9 Å². The summed E-state index contributed by atoms with van der Waals surface area (Å²) < 4.78 is 2.12. The average molecular weight is 702 g/mol. The van der Waals surface area contributed by atoms with Gasteiger partial charge in [0.2, 0.25) is 0 Å². The molecule has 4 heterocycles. The molecule has 0 bridgehead atoms. The molecule has 0 fully saturated rings. The first kappa shape index (κ1) is 31.1. The highest BCUT2D eigenvalue weighted by atomic mass is 15.0. The molecule has 0 unspecified atom stereocenters. The van der Waals surface area contributed by atoms with Crippen LogP contribution in [0.2, 0.25) is 0 Å². The summed E-state index contributed by atoms with van der Waals surface area (Å²) in [6.45, 7) is 0. The zero-order valence-corrected chi connectivity index (χ0v) is 29.6. The Balaban J connectivity index is 1.05. The highest BCUT2D eigenvalue weighted by molar-refractivity contribution is 6.16. The number of imidazole rings is 1. The fraction of sp³-hybridized carbons (Fsp3) is 0. The van der Waals surface area contributed by atoms with Crippen molar-refractivity contribution in [1.29, 1.82) is 0 Å². The van der Waals surface area contributed by atoms with Crippen LogP contribution in [0.25, 0.3) is 105 Å². The Morgan fingerprint density at radius 1 is 0.364 bits per heavy atom. The van der Waals surface area contributed by atoms with Gasteiger partial charge in [-0.1, -0.05) is 146 Å². The van der Waals surface area contributed by atoms with Gasteiger partial charge < -0.3 is 4.40 Å². The van der Waals surface area contributed by atoms with Gasteiger partial charge in [-0.2, -0.15) is 0 Å². The second kappa shape index (κ2) is 12.6. The van der Waals surface area contributed by atoms with Crippen LogP contribution in [0.4, 0.5) is 0 Å². The Kier molecular flexibility index (Phi) is 7.10. The third-order valence-electron chi connectivity index (χ3n) is 10.6. The first-order valence-corrected chi connectivity index (χ1v) is 18.5. The van der Waals surface area contributed by atoms with Gasteiger partial charge in [-0.05, 0) is 51.9 Å². The highest BCUT2D eigenvalue weighted by Gasteiger charge is 2.17. The fourth-order valence-corrected chi connectivity index (χ4v) is 7.79. The minimum Gasteiger partial charge on any atom is -0.306 e. The first-order chi connectivity index (χ1) is 27.2. The van der Waals surface area contributed by atoms with Crippen LogP contribution in [0.5, 0.6) is 0 Å². The standard InChI is InChI=1S/C50H31N5/c1-2-12-34(13-3-1)46-31-55-27-26-42-47(50(55)54-46)41-16-8-9-17-43(41)51-48(42)36-22-20-35(21-23-36)44-30-45(39-24-18-32-10-4-6-14-37(32)28-39)53-49(52-44)40-25-19-33-11-5-7-15-38(33)29-40/h1-31H. The molecule has 0 aliphatic carbocycles. The van der Waals surface area contributed by atoms with E-state index in [1.807, 2.05) is 12.1 Å². The predicted molar refractivity (Wildman–Crippen MR) is 226 cm³/mol. The van der Waals surface area contributed by atoms with Crippen molar-refractivity contribution in [2.45, 2.75) is 0 Å². The van der Waals surface area contributed by atoms with E-state index in [0.717, 1.165) is 83.3 Å². The SMILES string of the molecule is c1ccc(-c2cn3ccc4c(-c5ccc(-c6cc(-c7ccc8ccccc8c7)nc(-c7ccc8ccccc8c7)n6)cc5)nc5ccccc5c4c3n2)cc1. The van der Waals surface area contributed by atoms with Crippen molar-refractivity contribution in [2.24, 2.45) is 0 Å². The maximum absolute atomic E-state index is 5.24. The van der Waals surface area contributed by atoms with Gasteiger partial charge in [0.05, 0.1) is 28.3 Å². The molecule has 0 saturated carbocycles. The monoisotopic (exact) mass is 701 g/mol. The maximum Gasteiger partial charge on any atom is 0.160 e. The smallest absolute Gasteiger partial charge is 0.160 e. The molecule has 11 rings (SSSR count). The molecule has 0 saturated heterocycles. The van der Waals surface area contributed by atoms with E-state index in [1.165, 1.54) is 16.2 Å². The van der Waals surface area contributed by atoms with Crippen LogP contribution in [0, 0.1) is 0 Å². The Hall–Kier alpha value is -7.50. The molecule has 0 amide bonds. The summed E-state index contributed by atoms with van der Waals surface area (Å²) in [6, 6.07) is 61.4. The lowest BCUT2D eigenvalue weighted by atomic mass is 9.99. The number of fused-ring (bicyclic) bond motifs is 7. The van der Waals surface area contributed by atoms with Gasteiger partial charge in [-0.3, -0.25) is 0 Å². The largest absolute Gasteiger partial charge is 0.306 e. The number of aromatic nitrogens is 5. The van der Waals surface area contributed by atoms with E-state index in [2.05, 4.69) is 181 Å². The van der Waals surface area contributed by atoms with Gasteiger partial charge in [-0.15, -0.1) is 0 Å². The van der Waals surface area contributed by atoms with Crippen molar-refractivity contribution < 1.29 is 0 Å². The molecule has 0 atom stereocenters. The van der Waals surface area contributed by atoms with E-state index in [-0.39, 0.29) is 0 Å². The summed E-state index contributed by atoms with van der Waals surface area (Å²) in [5.74, 6) is 0.691. The van der Waals surface area contributed by atoms with E-state index >= 15 is 0 Å². The molecule has 0 spiro atoms. The lowest BCUT2D eigenvalue weighted by Crippen LogP contribution is -1.96. The molecule has 0 aliphatic heterocycles. The number of hydrogen-bond acceptors (Lipinski definition) is 4. The van der Waals surface area contributed by atoms with Crippen molar-refractivity contribution in [3.8, 4) is 56.4 Å². The summed E-state index contributed by atoms with van der Waals surface area (Å²) in [4.78, 5) is 20.8. The Labute approximate surface area is 316 Å². The van der Waals surface area contributed by atoms with E-state index in [0.29, 0.717) is 5.82 Å². The van der Waals surface area contributed by atoms with E-state index in [1.54, 1.807) is 0 Å². The van der Waals surface area contributed by atoms with Crippen LogP contribution in [-0.4, -0.2) is 24.3 Å². The van der Waals surface area contributed by atoms with Crippen molar-refractivity contribution in [2.75, 3.05) is 0 Å². The van der Waals surface area contributed by atoms with Crippen molar-refractivity contribution in [3.63, 3.8) is 0 Å². The molecule has 5 nitrogen and oxygen atoms in total. The molecule has 4 aromatic heterocycles. The number of nitrogens with zero attached hydrogens (tertiary/aromatic N) is 5. The van der Waals surface area contributed by atoms with Crippen molar-refractivity contribution in [1.82, 2.24) is 24.3 Å². The summed E-state index contributed by atoms with van der Waals surface area (Å²) in [5, 5.41) is 7.95.